The van der Waals surface area contributed by atoms with E-state index in [-0.39, 0.29) is 11.2 Å². The van der Waals surface area contributed by atoms with Gasteiger partial charge in [-0.1, -0.05) is 47.7 Å². The molecule has 3 nitrogen and oxygen atoms in total. The predicted octanol–water partition coefficient (Wildman–Crippen LogP) is 5.20. The van der Waals surface area contributed by atoms with Crippen LogP contribution in [0.15, 0.2) is 42.5 Å². The fraction of sp³-hybridized carbons (Fsp3) is 0.300. The molecule has 0 bridgehead atoms. The minimum absolute atomic E-state index is 0.0986. The highest BCUT2D eigenvalue weighted by Crippen LogP contribution is 2.33. The van der Waals surface area contributed by atoms with Crippen molar-refractivity contribution in [1.82, 2.24) is 4.98 Å². The van der Waals surface area contributed by atoms with Crippen molar-refractivity contribution in [1.29, 1.82) is 0 Å². The van der Waals surface area contributed by atoms with Crippen LogP contribution in [0.3, 0.4) is 0 Å². The maximum Gasteiger partial charge on any atom is 0.241 e. The van der Waals surface area contributed by atoms with Gasteiger partial charge in [0.2, 0.25) is 5.91 Å². The van der Waals surface area contributed by atoms with E-state index in [1.54, 1.807) is 23.1 Å². The number of rotatable bonds is 5. The van der Waals surface area contributed by atoms with Gasteiger partial charge >= 0.3 is 0 Å². The molecule has 1 atom stereocenters. The molecule has 0 aliphatic heterocycles. The molecule has 0 radical (unpaired) electrons. The molecule has 0 aliphatic carbocycles. The predicted molar refractivity (Wildman–Crippen MR) is 110 cm³/mol. The van der Waals surface area contributed by atoms with Crippen molar-refractivity contribution < 1.29 is 4.79 Å². The third-order valence-corrected chi connectivity index (χ3v) is 6.33. The lowest BCUT2D eigenvalue weighted by Gasteiger charge is -2.22. The van der Waals surface area contributed by atoms with E-state index in [0.29, 0.717) is 6.54 Å². The summed E-state index contributed by atoms with van der Waals surface area (Å²) in [6, 6.07) is 14.3. The summed E-state index contributed by atoms with van der Waals surface area (Å²) < 4.78 is 1.16. The molecule has 1 amide bonds. The number of hydrogen-bond acceptors (Lipinski definition) is 4. The first-order chi connectivity index (χ1) is 12.0. The third kappa shape index (κ3) is 3.88. The molecule has 1 aromatic heterocycles. The minimum atomic E-state index is -0.0986. The Hall–Kier alpha value is -1.85. The summed E-state index contributed by atoms with van der Waals surface area (Å²) in [4.78, 5) is 19.6. The number of aromatic nitrogens is 1. The number of aryl methyl sites for hydroxylation is 2. The van der Waals surface area contributed by atoms with Crippen LogP contribution in [0.1, 0.15) is 23.6 Å². The Morgan fingerprint density at radius 1 is 1.24 bits per heavy atom. The minimum Gasteiger partial charge on any atom is -0.283 e. The summed E-state index contributed by atoms with van der Waals surface area (Å²) in [7, 11) is 0. The molecule has 0 saturated carbocycles. The lowest BCUT2D eigenvalue weighted by atomic mass is 10.1. The second-order valence-electron chi connectivity index (χ2n) is 6.21. The normalized spacial score (nSPS) is 12.3. The highest BCUT2D eigenvalue weighted by molar-refractivity contribution is 7.99. The monoisotopic (exact) mass is 370 g/mol. The number of hydrogen-bond donors (Lipinski definition) is 0. The Bertz CT molecular complexity index is 889. The molecule has 3 aromatic rings. The number of fused-ring (bicyclic) bond motifs is 1. The average molecular weight is 371 g/mol. The molecule has 0 saturated heterocycles. The first-order valence-electron chi connectivity index (χ1n) is 8.25. The highest BCUT2D eigenvalue weighted by Gasteiger charge is 2.24. The van der Waals surface area contributed by atoms with Crippen LogP contribution in [-0.2, 0) is 11.3 Å². The topological polar surface area (TPSA) is 33.2 Å². The van der Waals surface area contributed by atoms with Crippen molar-refractivity contribution in [2.24, 2.45) is 0 Å². The van der Waals surface area contributed by atoms with Crippen molar-refractivity contribution in [3.8, 4) is 0 Å². The van der Waals surface area contributed by atoms with Crippen molar-refractivity contribution >= 4 is 44.4 Å². The SMILES string of the molecule is CSC(C)C(=O)N(Cc1ccccc1)c1nc2cc(C)cc(C)c2s1. The van der Waals surface area contributed by atoms with Crippen LogP contribution in [0, 0.1) is 13.8 Å². The molecule has 0 spiro atoms. The first-order valence-corrected chi connectivity index (χ1v) is 10.4. The molecule has 3 rings (SSSR count). The van der Waals surface area contributed by atoms with Crippen molar-refractivity contribution in [2.75, 3.05) is 11.2 Å². The maximum absolute atomic E-state index is 13.0. The van der Waals surface area contributed by atoms with Gasteiger partial charge in [0.1, 0.15) is 0 Å². The molecule has 0 fully saturated rings. The van der Waals surface area contributed by atoms with E-state index < -0.39 is 0 Å². The van der Waals surface area contributed by atoms with E-state index in [1.165, 1.54) is 11.1 Å². The van der Waals surface area contributed by atoms with Crippen LogP contribution in [0.2, 0.25) is 0 Å². The molecule has 25 heavy (non-hydrogen) atoms. The fourth-order valence-electron chi connectivity index (χ4n) is 2.81. The van der Waals surface area contributed by atoms with E-state index in [9.17, 15) is 4.79 Å². The summed E-state index contributed by atoms with van der Waals surface area (Å²) in [6.45, 7) is 6.68. The lowest BCUT2D eigenvalue weighted by molar-refractivity contribution is -0.118. The molecule has 0 aliphatic rings. The van der Waals surface area contributed by atoms with Gasteiger partial charge in [-0.3, -0.25) is 9.69 Å². The van der Waals surface area contributed by atoms with Gasteiger partial charge in [-0.05, 0) is 49.8 Å². The molecule has 1 heterocycles. The summed E-state index contributed by atoms with van der Waals surface area (Å²) in [5.41, 5.74) is 4.49. The van der Waals surface area contributed by atoms with Crippen molar-refractivity contribution in [2.45, 2.75) is 32.6 Å². The zero-order valence-electron chi connectivity index (χ0n) is 14.9. The lowest BCUT2D eigenvalue weighted by Crippen LogP contribution is -2.36. The summed E-state index contributed by atoms with van der Waals surface area (Å²) in [5, 5.41) is 0.678. The average Bonchev–Trinajstić information content (AvgIpc) is 3.03. The number of thioether (sulfide) groups is 1. The third-order valence-electron chi connectivity index (χ3n) is 4.19. The van der Waals surface area contributed by atoms with Gasteiger partial charge in [-0.15, -0.1) is 0 Å². The number of carbonyl (C=O) groups excluding carboxylic acids is 1. The van der Waals surface area contributed by atoms with Gasteiger partial charge in [0.15, 0.2) is 5.13 Å². The van der Waals surface area contributed by atoms with Gasteiger partial charge < -0.3 is 0 Å². The van der Waals surface area contributed by atoms with Gasteiger partial charge in [0.05, 0.1) is 22.0 Å². The number of benzene rings is 2. The maximum atomic E-state index is 13.0. The Morgan fingerprint density at radius 2 is 1.96 bits per heavy atom. The Balaban J connectivity index is 2.04. The molecular formula is C20H22N2OS2. The molecule has 130 valence electrons. The number of thiazole rings is 1. The van der Waals surface area contributed by atoms with Crippen LogP contribution in [0.25, 0.3) is 10.2 Å². The fourth-order valence-corrected chi connectivity index (χ4v) is 4.16. The standard InChI is InChI=1S/C20H22N2OS2/c1-13-10-14(2)18-17(11-13)21-20(25-18)22(19(23)15(3)24-4)12-16-8-6-5-7-9-16/h5-11,15H,12H2,1-4H3. The highest BCUT2D eigenvalue weighted by atomic mass is 32.2. The van der Waals surface area contributed by atoms with Crippen LogP contribution >= 0.6 is 23.1 Å². The van der Waals surface area contributed by atoms with Crippen LogP contribution in [0.4, 0.5) is 5.13 Å². The second kappa shape index (κ2) is 7.58. The molecule has 1 unspecified atom stereocenters. The number of nitrogens with zero attached hydrogens (tertiary/aromatic N) is 2. The number of anilines is 1. The Morgan fingerprint density at radius 3 is 2.64 bits per heavy atom. The zero-order chi connectivity index (χ0) is 18.0. The van der Waals surface area contributed by atoms with Gasteiger partial charge in [0.25, 0.3) is 0 Å². The van der Waals surface area contributed by atoms with Crippen molar-refractivity contribution in [3.05, 3.63) is 59.2 Å². The molecule has 5 heteroatoms. The van der Waals surface area contributed by atoms with E-state index in [1.807, 2.05) is 48.4 Å². The van der Waals surface area contributed by atoms with Crippen molar-refractivity contribution in [3.63, 3.8) is 0 Å². The second-order valence-corrected chi connectivity index (χ2v) is 8.37. The van der Waals surface area contributed by atoms with E-state index in [0.717, 1.165) is 20.9 Å². The summed E-state index contributed by atoms with van der Waals surface area (Å²) >= 11 is 3.17. The summed E-state index contributed by atoms with van der Waals surface area (Å²) in [6.07, 6.45) is 1.97. The van der Waals surface area contributed by atoms with Gasteiger partial charge in [0, 0.05) is 0 Å². The largest absolute Gasteiger partial charge is 0.283 e. The smallest absolute Gasteiger partial charge is 0.241 e. The molecule has 2 aromatic carbocycles. The quantitative estimate of drug-likeness (QED) is 0.619. The van der Waals surface area contributed by atoms with E-state index in [4.69, 9.17) is 4.98 Å². The van der Waals surface area contributed by atoms with Gasteiger partial charge in [-0.25, -0.2) is 4.98 Å². The number of amides is 1. The van der Waals surface area contributed by atoms with E-state index in [2.05, 4.69) is 26.0 Å². The van der Waals surface area contributed by atoms with Crippen LogP contribution in [-0.4, -0.2) is 22.4 Å². The molecular weight excluding hydrogens is 348 g/mol. The van der Waals surface area contributed by atoms with Crippen LogP contribution < -0.4 is 4.90 Å². The Kier molecular flexibility index (Phi) is 5.45. The zero-order valence-corrected chi connectivity index (χ0v) is 16.6. The van der Waals surface area contributed by atoms with Crippen LogP contribution in [0.5, 0.6) is 0 Å². The van der Waals surface area contributed by atoms with Gasteiger partial charge in [-0.2, -0.15) is 11.8 Å². The number of carbonyl (C=O) groups is 1. The first kappa shape index (κ1) is 18.0. The Labute approximate surface area is 157 Å². The summed E-state index contributed by atoms with van der Waals surface area (Å²) in [5.74, 6) is 0.102. The molecule has 0 N–H and O–H groups in total. The van der Waals surface area contributed by atoms with E-state index >= 15 is 0 Å².